The van der Waals surface area contributed by atoms with Crippen molar-refractivity contribution in [2.45, 2.75) is 31.4 Å². The maximum absolute atomic E-state index is 11.6. The molecule has 1 amide bonds. The lowest BCUT2D eigenvalue weighted by molar-refractivity contribution is -0.135. The molecule has 0 aromatic heterocycles. The highest BCUT2D eigenvalue weighted by Crippen LogP contribution is 2.27. The fraction of sp³-hybridized carbons (Fsp3) is 0.889. The van der Waals surface area contributed by atoms with Gasteiger partial charge in [-0.1, -0.05) is 5.11 Å². The summed E-state index contributed by atoms with van der Waals surface area (Å²) in [6.45, 7) is 0. The van der Waals surface area contributed by atoms with Gasteiger partial charge in [-0.2, -0.15) is 0 Å². The highest BCUT2D eigenvalue weighted by atomic mass is 16.3. The SMILES string of the molecule is CN(C)C(=O)C1CCC(N=[N+]=[N-])C(O)C1. The van der Waals surface area contributed by atoms with Crippen LogP contribution in [-0.4, -0.2) is 42.2 Å². The van der Waals surface area contributed by atoms with Gasteiger partial charge in [-0.25, -0.2) is 0 Å². The molecule has 0 aromatic carbocycles. The van der Waals surface area contributed by atoms with E-state index in [4.69, 9.17) is 5.53 Å². The molecule has 1 aliphatic carbocycles. The number of hydrogen-bond acceptors (Lipinski definition) is 3. The lowest BCUT2D eigenvalue weighted by atomic mass is 9.83. The van der Waals surface area contributed by atoms with Gasteiger partial charge >= 0.3 is 0 Å². The first-order chi connectivity index (χ1) is 7.06. The Kier molecular flexibility index (Phi) is 3.94. The van der Waals surface area contributed by atoms with Gasteiger partial charge < -0.3 is 10.0 Å². The van der Waals surface area contributed by atoms with Gasteiger partial charge in [0, 0.05) is 24.9 Å². The minimum atomic E-state index is -0.691. The third-order valence-corrected chi connectivity index (χ3v) is 2.77. The highest BCUT2D eigenvalue weighted by Gasteiger charge is 2.32. The van der Waals surface area contributed by atoms with E-state index >= 15 is 0 Å². The lowest BCUT2D eigenvalue weighted by Gasteiger charge is -2.31. The molecular weight excluding hydrogens is 196 g/mol. The van der Waals surface area contributed by atoms with E-state index in [9.17, 15) is 9.90 Å². The summed E-state index contributed by atoms with van der Waals surface area (Å²) in [5, 5.41) is 13.2. The summed E-state index contributed by atoms with van der Waals surface area (Å²) in [5.74, 6) is -0.103. The Morgan fingerprint density at radius 1 is 1.53 bits per heavy atom. The number of rotatable bonds is 2. The lowest BCUT2D eigenvalue weighted by Crippen LogP contribution is -2.39. The minimum absolute atomic E-state index is 0.0356. The van der Waals surface area contributed by atoms with Crippen LogP contribution >= 0.6 is 0 Å². The summed E-state index contributed by atoms with van der Waals surface area (Å²) in [4.78, 5) is 15.8. The van der Waals surface area contributed by atoms with E-state index in [1.54, 1.807) is 14.1 Å². The molecule has 3 unspecified atom stereocenters. The normalized spacial score (nSPS) is 30.5. The summed E-state index contributed by atoms with van der Waals surface area (Å²) in [6.07, 6.45) is 0.956. The van der Waals surface area contributed by atoms with Crippen LogP contribution in [0.2, 0.25) is 0 Å². The number of carbonyl (C=O) groups is 1. The van der Waals surface area contributed by atoms with Crippen molar-refractivity contribution >= 4 is 5.91 Å². The second-order valence-corrected chi connectivity index (χ2v) is 4.08. The third kappa shape index (κ3) is 2.84. The fourth-order valence-corrected chi connectivity index (χ4v) is 1.92. The summed E-state index contributed by atoms with van der Waals surface area (Å²) in [7, 11) is 3.41. The molecule has 0 spiro atoms. The number of aliphatic hydroxyl groups is 1. The van der Waals surface area contributed by atoms with Crippen LogP contribution in [0.25, 0.3) is 10.4 Å². The van der Waals surface area contributed by atoms with E-state index in [2.05, 4.69) is 10.0 Å². The quantitative estimate of drug-likeness (QED) is 0.419. The Morgan fingerprint density at radius 3 is 2.67 bits per heavy atom. The van der Waals surface area contributed by atoms with Crippen LogP contribution in [0.15, 0.2) is 5.11 Å². The molecule has 6 heteroatoms. The van der Waals surface area contributed by atoms with Crippen LogP contribution < -0.4 is 0 Å². The number of azide groups is 1. The zero-order valence-electron chi connectivity index (χ0n) is 9.00. The molecular formula is C9H16N4O2. The monoisotopic (exact) mass is 212 g/mol. The molecule has 0 heterocycles. The predicted octanol–water partition coefficient (Wildman–Crippen LogP) is 0.914. The zero-order valence-corrected chi connectivity index (χ0v) is 9.00. The molecule has 0 bridgehead atoms. The van der Waals surface area contributed by atoms with Gasteiger partial charge in [-0.3, -0.25) is 4.79 Å². The van der Waals surface area contributed by atoms with Gasteiger partial charge in [0.05, 0.1) is 12.1 Å². The van der Waals surface area contributed by atoms with E-state index in [-0.39, 0.29) is 17.9 Å². The number of amides is 1. The molecule has 1 saturated carbocycles. The molecule has 0 aliphatic heterocycles. The summed E-state index contributed by atoms with van der Waals surface area (Å²) in [6, 6.07) is -0.374. The van der Waals surface area contributed by atoms with E-state index in [0.29, 0.717) is 19.3 Å². The Bertz CT molecular complexity index is 286. The van der Waals surface area contributed by atoms with Gasteiger partial charge in [0.2, 0.25) is 5.91 Å². The van der Waals surface area contributed by atoms with Crippen molar-refractivity contribution in [1.82, 2.24) is 4.90 Å². The Balaban J connectivity index is 2.58. The van der Waals surface area contributed by atoms with Crippen molar-refractivity contribution in [3.63, 3.8) is 0 Å². The van der Waals surface area contributed by atoms with Crippen LogP contribution in [-0.2, 0) is 4.79 Å². The third-order valence-electron chi connectivity index (χ3n) is 2.77. The molecule has 0 saturated heterocycles. The average molecular weight is 212 g/mol. The molecule has 1 rings (SSSR count). The Morgan fingerprint density at radius 2 is 2.20 bits per heavy atom. The minimum Gasteiger partial charge on any atom is -0.393 e. The summed E-state index contributed by atoms with van der Waals surface area (Å²) >= 11 is 0. The first kappa shape index (κ1) is 11.8. The van der Waals surface area contributed by atoms with E-state index < -0.39 is 6.10 Å². The zero-order chi connectivity index (χ0) is 11.4. The van der Waals surface area contributed by atoms with Gasteiger partial charge in [0.15, 0.2) is 0 Å². The number of carbonyl (C=O) groups excluding carboxylic acids is 1. The average Bonchev–Trinajstić information content (AvgIpc) is 2.20. The molecule has 1 aliphatic rings. The van der Waals surface area contributed by atoms with Gasteiger partial charge in [-0.05, 0) is 24.8 Å². The maximum Gasteiger partial charge on any atom is 0.225 e. The smallest absolute Gasteiger partial charge is 0.225 e. The van der Waals surface area contributed by atoms with Crippen molar-refractivity contribution in [2.75, 3.05) is 14.1 Å². The molecule has 6 nitrogen and oxygen atoms in total. The van der Waals surface area contributed by atoms with Crippen LogP contribution in [0.1, 0.15) is 19.3 Å². The molecule has 3 atom stereocenters. The number of nitrogens with zero attached hydrogens (tertiary/aromatic N) is 4. The van der Waals surface area contributed by atoms with Crippen LogP contribution in [0.5, 0.6) is 0 Å². The largest absolute Gasteiger partial charge is 0.393 e. The van der Waals surface area contributed by atoms with Crippen molar-refractivity contribution in [2.24, 2.45) is 11.0 Å². The molecule has 84 valence electrons. The van der Waals surface area contributed by atoms with E-state index in [1.165, 1.54) is 4.90 Å². The van der Waals surface area contributed by atoms with Crippen LogP contribution in [0.3, 0.4) is 0 Å². The maximum atomic E-state index is 11.6. The van der Waals surface area contributed by atoms with E-state index in [0.717, 1.165) is 0 Å². The second kappa shape index (κ2) is 5.00. The second-order valence-electron chi connectivity index (χ2n) is 4.08. The first-order valence-electron chi connectivity index (χ1n) is 4.99. The van der Waals surface area contributed by atoms with Crippen molar-refractivity contribution in [1.29, 1.82) is 0 Å². The van der Waals surface area contributed by atoms with Crippen LogP contribution in [0, 0.1) is 5.92 Å². The first-order valence-corrected chi connectivity index (χ1v) is 4.99. The molecule has 0 radical (unpaired) electrons. The number of aliphatic hydroxyl groups excluding tert-OH is 1. The Labute approximate surface area is 88.5 Å². The highest BCUT2D eigenvalue weighted by molar-refractivity contribution is 5.78. The van der Waals surface area contributed by atoms with E-state index in [1.807, 2.05) is 0 Å². The van der Waals surface area contributed by atoms with Gasteiger partial charge in [0.1, 0.15) is 0 Å². The van der Waals surface area contributed by atoms with Crippen molar-refractivity contribution in [3.05, 3.63) is 10.4 Å². The molecule has 0 aromatic rings. The van der Waals surface area contributed by atoms with Crippen LogP contribution in [0.4, 0.5) is 0 Å². The predicted molar refractivity (Wildman–Crippen MR) is 55.0 cm³/mol. The number of hydrogen-bond donors (Lipinski definition) is 1. The molecule has 1 fully saturated rings. The molecule has 1 N–H and O–H groups in total. The van der Waals surface area contributed by atoms with Gasteiger partial charge in [-0.15, -0.1) is 0 Å². The fourth-order valence-electron chi connectivity index (χ4n) is 1.92. The van der Waals surface area contributed by atoms with Crippen molar-refractivity contribution in [3.8, 4) is 0 Å². The van der Waals surface area contributed by atoms with Gasteiger partial charge in [0.25, 0.3) is 0 Å². The van der Waals surface area contributed by atoms with Crippen molar-refractivity contribution < 1.29 is 9.90 Å². The summed E-state index contributed by atoms with van der Waals surface area (Å²) < 4.78 is 0. The topological polar surface area (TPSA) is 89.3 Å². The summed E-state index contributed by atoms with van der Waals surface area (Å²) in [5.41, 5.74) is 8.27. The Hall–Kier alpha value is -1.26. The standard InChI is InChI=1S/C9H16N4O2/c1-13(2)9(15)6-3-4-7(11-12-10)8(14)5-6/h6-8,14H,3-5H2,1-2H3. The molecule has 15 heavy (non-hydrogen) atoms.